The summed E-state index contributed by atoms with van der Waals surface area (Å²) in [5.74, 6) is -0.657. The lowest BCUT2D eigenvalue weighted by atomic mass is 10.2. The summed E-state index contributed by atoms with van der Waals surface area (Å²) < 4.78 is 0. The maximum Gasteiger partial charge on any atom is 0.278 e. The number of nitrogen functional groups attached to an aromatic ring is 1. The Kier molecular flexibility index (Phi) is 2.03. The van der Waals surface area contributed by atoms with E-state index in [1.54, 1.807) is 0 Å². The van der Waals surface area contributed by atoms with E-state index < -0.39 is 5.91 Å². The van der Waals surface area contributed by atoms with E-state index >= 15 is 0 Å². The molecule has 4 N–H and O–H groups in total. The zero-order valence-corrected chi connectivity index (χ0v) is 5.61. The van der Waals surface area contributed by atoms with E-state index in [1.807, 2.05) is 0 Å². The van der Waals surface area contributed by atoms with Gasteiger partial charge in [0.05, 0.1) is 5.56 Å². The molecule has 5 heteroatoms. The van der Waals surface area contributed by atoms with Crippen molar-refractivity contribution in [2.75, 3.05) is 5.73 Å². The Morgan fingerprint density at radius 2 is 2.45 bits per heavy atom. The molecular formula is C6H7N3O2. The van der Waals surface area contributed by atoms with Crippen molar-refractivity contribution in [1.29, 1.82) is 0 Å². The summed E-state index contributed by atoms with van der Waals surface area (Å²) in [7, 11) is 0. The highest BCUT2D eigenvalue weighted by molar-refractivity contribution is 5.97. The number of hydrogen-bond acceptors (Lipinski definition) is 4. The molecule has 0 saturated carbocycles. The van der Waals surface area contributed by atoms with Crippen LogP contribution in [0.25, 0.3) is 0 Å². The van der Waals surface area contributed by atoms with Gasteiger partial charge in [0, 0.05) is 18.1 Å². The van der Waals surface area contributed by atoms with Crippen LogP contribution in [0.2, 0.25) is 0 Å². The van der Waals surface area contributed by atoms with Crippen LogP contribution in [0.4, 0.5) is 5.69 Å². The Hall–Kier alpha value is -1.62. The maximum atomic E-state index is 10.8. The Balaban J connectivity index is 3.03. The largest absolute Gasteiger partial charge is 0.398 e. The fraction of sp³-hybridized carbons (Fsp3) is 0. The van der Waals surface area contributed by atoms with Crippen molar-refractivity contribution in [3.63, 3.8) is 0 Å². The van der Waals surface area contributed by atoms with Crippen LogP contribution < -0.4 is 11.2 Å². The lowest BCUT2D eigenvalue weighted by Gasteiger charge is -2.00. The minimum atomic E-state index is -0.657. The molecule has 0 aliphatic rings. The van der Waals surface area contributed by atoms with Crippen LogP contribution >= 0.6 is 0 Å². The first-order chi connectivity index (χ1) is 5.25. The summed E-state index contributed by atoms with van der Waals surface area (Å²) >= 11 is 0. The molecule has 1 aromatic heterocycles. The topological polar surface area (TPSA) is 88.2 Å². The molecule has 1 heterocycles. The van der Waals surface area contributed by atoms with Gasteiger partial charge in [0.25, 0.3) is 5.91 Å². The monoisotopic (exact) mass is 153 g/mol. The fourth-order valence-corrected chi connectivity index (χ4v) is 0.655. The van der Waals surface area contributed by atoms with Crippen LogP contribution in [-0.2, 0) is 0 Å². The first-order valence-corrected chi connectivity index (χ1v) is 2.89. The van der Waals surface area contributed by atoms with Gasteiger partial charge in [-0.25, -0.2) is 5.48 Å². The molecule has 0 fully saturated rings. The number of hydrogen-bond donors (Lipinski definition) is 3. The number of anilines is 1. The van der Waals surface area contributed by atoms with E-state index in [-0.39, 0.29) is 11.3 Å². The Labute approximate surface area is 62.8 Å². The number of aromatic nitrogens is 1. The SMILES string of the molecule is Nc1ccncc1C(=O)NO. The van der Waals surface area contributed by atoms with Crippen LogP contribution in [0.5, 0.6) is 0 Å². The highest BCUT2D eigenvalue weighted by Gasteiger charge is 2.06. The number of nitrogens with two attached hydrogens (primary N) is 1. The molecule has 0 saturated heterocycles. The van der Waals surface area contributed by atoms with Gasteiger partial charge in [0.15, 0.2) is 0 Å². The molecule has 5 nitrogen and oxygen atoms in total. The third-order valence-corrected chi connectivity index (χ3v) is 1.20. The molecular weight excluding hydrogens is 146 g/mol. The summed E-state index contributed by atoms with van der Waals surface area (Å²) in [4.78, 5) is 14.4. The standard InChI is InChI=1S/C6H7N3O2/c7-5-1-2-8-3-4(5)6(10)9-11/h1-3,11H,(H2,7,8)(H,9,10). The van der Waals surface area contributed by atoms with E-state index in [0.717, 1.165) is 0 Å². The summed E-state index contributed by atoms with van der Waals surface area (Å²) in [6.07, 6.45) is 2.74. The van der Waals surface area contributed by atoms with Crippen molar-refractivity contribution in [1.82, 2.24) is 10.5 Å². The van der Waals surface area contributed by atoms with Crippen molar-refractivity contribution in [3.8, 4) is 0 Å². The quantitative estimate of drug-likeness (QED) is 0.384. The minimum Gasteiger partial charge on any atom is -0.398 e. The molecule has 0 unspecified atom stereocenters. The second-order valence-electron chi connectivity index (χ2n) is 1.90. The molecule has 0 aliphatic heterocycles. The minimum absolute atomic E-state index is 0.162. The molecule has 0 radical (unpaired) electrons. The zero-order valence-electron chi connectivity index (χ0n) is 5.61. The van der Waals surface area contributed by atoms with Gasteiger partial charge >= 0.3 is 0 Å². The maximum absolute atomic E-state index is 10.8. The van der Waals surface area contributed by atoms with Gasteiger partial charge in [-0.1, -0.05) is 0 Å². The Morgan fingerprint density at radius 3 is 3.00 bits per heavy atom. The van der Waals surface area contributed by atoms with Crippen LogP contribution in [0.3, 0.4) is 0 Å². The molecule has 1 amide bonds. The van der Waals surface area contributed by atoms with Crippen molar-refractivity contribution < 1.29 is 10.0 Å². The van der Waals surface area contributed by atoms with Crippen LogP contribution in [0, 0.1) is 0 Å². The van der Waals surface area contributed by atoms with Gasteiger partial charge in [-0.05, 0) is 6.07 Å². The Morgan fingerprint density at radius 1 is 1.73 bits per heavy atom. The van der Waals surface area contributed by atoms with E-state index in [2.05, 4.69) is 4.98 Å². The summed E-state index contributed by atoms with van der Waals surface area (Å²) in [6.45, 7) is 0. The average molecular weight is 153 g/mol. The van der Waals surface area contributed by atoms with Gasteiger partial charge in [0.2, 0.25) is 0 Å². The molecule has 1 rings (SSSR count). The number of nitrogens with one attached hydrogen (secondary N) is 1. The average Bonchev–Trinajstić information content (AvgIpc) is 2.04. The predicted octanol–water partition coefficient (Wildman–Crippen LogP) is -0.217. The van der Waals surface area contributed by atoms with Crippen LogP contribution in [-0.4, -0.2) is 16.1 Å². The summed E-state index contributed by atoms with van der Waals surface area (Å²) in [6, 6.07) is 1.48. The van der Waals surface area contributed by atoms with Crippen molar-refractivity contribution in [2.24, 2.45) is 0 Å². The Bertz CT molecular complexity index is 274. The third-order valence-electron chi connectivity index (χ3n) is 1.20. The molecule has 1 aromatic rings. The van der Waals surface area contributed by atoms with Crippen LogP contribution in [0.15, 0.2) is 18.5 Å². The highest BCUT2D eigenvalue weighted by Crippen LogP contribution is 2.06. The lowest BCUT2D eigenvalue weighted by molar-refractivity contribution is 0.0707. The number of amides is 1. The molecule has 58 valence electrons. The summed E-state index contributed by atoms with van der Waals surface area (Å²) in [5, 5.41) is 8.23. The molecule has 0 bridgehead atoms. The number of hydroxylamine groups is 1. The van der Waals surface area contributed by atoms with Crippen LogP contribution in [0.1, 0.15) is 10.4 Å². The van der Waals surface area contributed by atoms with Crippen molar-refractivity contribution in [3.05, 3.63) is 24.0 Å². The lowest BCUT2D eigenvalue weighted by Crippen LogP contribution is -2.20. The molecule has 0 aromatic carbocycles. The predicted molar refractivity (Wildman–Crippen MR) is 37.9 cm³/mol. The number of carbonyl (C=O) groups is 1. The van der Waals surface area contributed by atoms with Gasteiger partial charge < -0.3 is 5.73 Å². The van der Waals surface area contributed by atoms with E-state index in [9.17, 15) is 4.79 Å². The van der Waals surface area contributed by atoms with E-state index in [0.29, 0.717) is 0 Å². The fourth-order valence-electron chi connectivity index (χ4n) is 0.655. The normalized spacial score (nSPS) is 9.18. The molecule has 11 heavy (non-hydrogen) atoms. The van der Waals surface area contributed by atoms with E-state index in [4.69, 9.17) is 10.9 Å². The van der Waals surface area contributed by atoms with Gasteiger partial charge in [-0.15, -0.1) is 0 Å². The smallest absolute Gasteiger partial charge is 0.278 e. The number of pyridine rings is 1. The third kappa shape index (κ3) is 1.44. The molecule has 0 aliphatic carbocycles. The number of rotatable bonds is 1. The second kappa shape index (κ2) is 2.98. The first-order valence-electron chi connectivity index (χ1n) is 2.89. The van der Waals surface area contributed by atoms with E-state index in [1.165, 1.54) is 23.9 Å². The number of carbonyl (C=O) groups excluding carboxylic acids is 1. The van der Waals surface area contributed by atoms with Crippen molar-refractivity contribution >= 4 is 11.6 Å². The van der Waals surface area contributed by atoms with Gasteiger partial charge in [-0.3, -0.25) is 15.0 Å². The molecule has 0 spiro atoms. The first kappa shape index (κ1) is 7.49. The molecule has 0 atom stereocenters. The summed E-state index contributed by atoms with van der Waals surface area (Å²) in [5.41, 5.74) is 7.29. The van der Waals surface area contributed by atoms with Gasteiger partial charge in [-0.2, -0.15) is 0 Å². The highest BCUT2D eigenvalue weighted by atomic mass is 16.5. The zero-order chi connectivity index (χ0) is 8.27. The van der Waals surface area contributed by atoms with Gasteiger partial charge in [0.1, 0.15) is 0 Å². The van der Waals surface area contributed by atoms with Crippen molar-refractivity contribution in [2.45, 2.75) is 0 Å². The second-order valence-corrected chi connectivity index (χ2v) is 1.90. The number of nitrogens with zero attached hydrogens (tertiary/aromatic N) is 1.